The molecule has 5 rings (SSSR count). The fourth-order valence-electron chi connectivity index (χ4n) is 3.08. The average molecular weight is 398 g/mol. The number of nitrogens with one attached hydrogen (secondary N) is 1. The molecular formula is C21H14N6OS. The standard InChI is InChI=1S/C21H14N6OS/c1-28-15-7-8-17-18(10-15)29-21(25-17)26-20-14(11-22)12-23-27(20)19-9-6-13-4-2-3-5-16(13)24-19/h2-10,12H,1H3,(H,25,26). The van der Waals surface area contributed by atoms with Gasteiger partial charge in [0.25, 0.3) is 0 Å². The molecule has 0 aliphatic carbocycles. The molecule has 1 N–H and O–H groups in total. The minimum atomic E-state index is 0.414. The highest BCUT2D eigenvalue weighted by Gasteiger charge is 2.16. The highest BCUT2D eigenvalue weighted by molar-refractivity contribution is 7.22. The molecule has 0 spiro atoms. The Bertz CT molecular complexity index is 1400. The van der Waals surface area contributed by atoms with Gasteiger partial charge in [-0.3, -0.25) is 0 Å². The second kappa shape index (κ2) is 6.89. The lowest BCUT2D eigenvalue weighted by Gasteiger charge is -2.08. The van der Waals surface area contributed by atoms with E-state index in [1.165, 1.54) is 17.5 Å². The van der Waals surface area contributed by atoms with Crippen LogP contribution in [0.25, 0.3) is 26.9 Å². The average Bonchev–Trinajstić information content (AvgIpc) is 3.36. The lowest BCUT2D eigenvalue weighted by molar-refractivity contribution is 0.415. The second-order valence-corrected chi connectivity index (χ2v) is 7.30. The molecule has 0 radical (unpaired) electrons. The van der Waals surface area contributed by atoms with Gasteiger partial charge in [0.15, 0.2) is 16.8 Å². The molecule has 5 aromatic rings. The topological polar surface area (TPSA) is 88.6 Å². The summed E-state index contributed by atoms with van der Waals surface area (Å²) in [5.41, 5.74) is 2.13. The number of pyridine rings is 1. The van der Waals surface area contributed by atoms with Gasteiger partial charge in [0.1, 0.15) is 17.4 Å². The van der Waals surface area contributed by atoms with Crippen LogP contribution in [0.5, 0.6) is 5.75 Å². The van der Waals surface area contributed by atoms with Crippen molar-refractivity contribution in [1.29, 1.82) is 5.26 Å². The van der Waals surface area contributed by atoms with Gasteiger partial charge in [-0.25, -0.2) is 9.97 Å². The van der Waals surface area contributed by atoms with E-state index in [1.807, 2.05) is 54.6 Å². The zero-order valence-electron chi connectivity index (χ0n) is 15.3. The van der Waals surface area contributed by atoms with Gasteiger partial charge in [-0.1, -0.05) is 29.5 Å². The van der Waals surface area contributed by atoms with Crippen molar-refractivity contribution in [3.05, 3.63) is 66.4 Å². The third-order valence-corrected chi connectivity index (χ3v) is 5.44. The number of nitrogens with zero attached hydrogens (tertiary/aromatic N) is 5. The SMILES string of the molecule is COc1ccc2nc(Nc3c(C#N)cnn3-c3ccc4ccccc4n3)sc2c1. The van der Waals surface area contributed by atoms with Crippen LogP contribution in [0, 0.1) is 11.3 Å². The van der Waals surface area contributed by atoms with Gasteiger partial charge in [-0.15, -0.1) is 0 Å². The van der Waals surface area contributed by atoms with Crippen molar-refractivity contribution in [2.24, 2.45) is 0 Å². The molecule has 0 bridgehead atoms. The highest BCUT2D eigenvalue weighted by Crippen LogP contribution is 2.32. The summed E-state index contributed by atoms with van der Waals surface area (Å²) in [5.74, 6) is 1.92. The molecule has 3 aromatic heterocycles. The molecule has 0 aliphatic rings. The van der Waals surface area contributed by atoms with E-state index in [1.54, 1.807) is 11.8 Å². The molecule has 7 nitrogen and oxygen atoms in total. The van der Waals surface area contributed by atoms with Gasteiger partial charge in [0, 0.05) is 5.39 Å². The molecule has 3 heterocycles. The lowest BCUT2D eigenvalue weighted by Crippen LogP contribution is -2.05. The summed E-state index contributed by atoms with van der Waals surface area (Å²) in [6.45, 7) is 0. The molecule has 0 aliphatic heterocycles. The van der Waals surface area contributed by atoms with Gasteiger partial charge < -0.3 is 10.1 Å². The molecule has 2 aromatic carbocycles. The number of para-hydroxylation sites is 1. The largest absolute Gasteiger partial charge is 0.497 e. The van der Waals surface area contributed by atoms with Crippen molar-refractivity contribution >= 4 is 43.4 Å². The summed E-state index contributed by atoms with van der Waals surface area (Å²) >= 11 is 1.48. The quantitative estimate of drug-likeness (QED) is 0.474. The molecule has 140 valence electrons. The summed E-state index contributed by atoms with van der Waals surface area (Å²) in [6.07, 6.45) is 1.52. The Morgan fingerprint density at radius 2 is 1.97 bits per heavy atom. The van der Waals surface area contributed by atoms with Gasteiger partial charge in [-0.2, -0.15) is 15.0 Å². The lowest BCUT2D eigenvalue weighted by atomic mass is 10.2. The Kier molecular flexibility index (Phi) is 4.08. The van der Waals surface area contributed by atoms with Crippen LogP contribution in [0.3, 0.4) is 0 Å². The van der Waals surface area contributed by atoms with E-state index in [2.05, 4.69) is 26.5 Å². The number of hydrogen-bond acceptors (Lipinski definition) is 7. The van der Waals surface area contributed by atoms with E-state index in [4.69, 9.17) is 4.74 Å². The van der Waals surface area contributed by atoms with Crippen LogP contribution in [-0.2, 0) is 0 Å². The second-order valence-electron chi connectivity index (χ2n) is 6.27. The van der Waals surface area contributed by atoms with Crippen LogP contribution in [0.4, 0.5) is 10.9 Å². The van der Waals surface area contributed by atoms with E-state index in [0.29, 0.717) is 22.3 Å². The summed E-state index contributed by atoms with van der Waals surface area (Å²) in [7, 11) is 1.63. The Hall–Kier alpha value is -3.96. The van der Waals surface area contributed by atoms with Crippen molar-refractivity contribution in [2.45, 2.75) is 0 Å². The van der Waals surface area contributed by atoms with Crippen molar-refractivity contribution < 1.29 is 4.74 Å². The molecule has 0 amide bonds. The molecule has 0 fully saturated rings. The van der Waals surface area contributed by atoms with Crippen LogP contribution in [0.15, 0.2) is 60.8 Å². The van der Waals surface area contributed by atoms with Crippen molar-refractivity contribution in [1.82, 2.24) is 19.7 Å². The predicted molar refractivity (Wildman–Crippen MR) is 113 cm³/mol. The number of benzene rings is 2. The van der Waals surface area contributed by atoms with Gasteiger partial charge in [0.05, 0.1) is 29.0 Å². The number of thiazole rings is 1. The molecule has 0 atom stereocenters. The third-order valence-electron chi connectivity index (χ3n) is 4.51. The number of ether oxygens (including phenoxy) is 1. The monoisotopic (exact) mass is 398 g/mol. The number of fused-ring (bicyclic) bond motifs is 2. The molecule has 0 saturated carbocycles. The fourth-order valence-corrected chi connectivity index (χ4v) is 3.98. The van der Waals surface area contributed by atoms with Gasteiger partial charge >= 0.3 is 0 Å². The van der Waals surface area contributed by atoms with Gasteiger partial charge in [0.2, 0.25) is 0 Å². The minimum Gasteiger partial charge on any atom is -0.497 e. The van der Waals surface area contributed by atoms with Crippen molar-refractivity contribution in [3.63, 3.8) is 0 Å². The Labute approximate surface area is 169 Å². The van der Waals surface area contributed by atoms with Crippen LogP contribution in [-0.4, -0.2) is 26.9 Å². The molecule has 0 unspecified atom stereocenters. The Morgan fingerprint density at radius 3 is 2.83 bits per heavy atom. The van der Waals surface area contributed by atoms with Crippen LogP contribution >= 0.6 is 11.3 Å². The predicted octanol–water partition coefficient (Wildman–Crippen LogP) is 4.65. The van der Waals surface area contributed by atoms with Crippen LogP contribution < -0.4 is 10.1 Å². The summed E-state index contributed by atoms with van der Waals surface area (Å²) in [4.78, 5) is 9.28. The number of methoxy groups -OCH3 is 1. The number of hydrogen-bond donors (Lipinski definition) is 1. The first-order valence-corrected chi connectivity index (χ1v) is 9.63. The first-order valence-electron chi connectivity index (χ1n) is 8.81. The summed E-state index contributed by atoms with van der Waals surface area (Å²) in [5, 5.41) is 18.9. The van der Waals surface area contributed by atoms with E-state index in [9.17, 15) is 5.26 Å². The van der Waals surface area contributed by atoms with Crippen LogP contribution in [0.1, 0.15) is 5.56 Å². The summed E-state index contributed by atoms with van der Waals surface area (Å²) < 4.78 is 7.89. The maximum Gasteiger partial charge on any atom is 0.189 e. The summed E-state index contributed by atoms with van der Waals surface area (Å²) in [6, 6.07) is 19.6. The highest BCUT2D eigenvalue weighted by atomic mass is 32.1. The van der Waals surface area contributed by atoms with Crippen molar-refractivity contribution in [3.8, 4) is 17.6 Å². The minimum absolute atomic E-state index is 0.414. The number of rotatable bonds is 4. The van der Waals surface area contributed by atoms with E-state index in [-0.39, 0.29) is 0 Å². The zero-order chi connectivity index (χ0) is 19.8. The number of nitriles is 1. The van der Waals surface area contributed by atoms with E-state index in [0.717, 1.165) is 26.9 Å². The maximum absolute atomic E-state index is 9.54. The smallest absolute Gasteiger partial charge is 0.189 e. The van der Waals surface area contributed by atoms with Gasteiger partial charge in [-0.05, 0) is 36.4 Å². The third kappa shape index (κ3) is 3.03. The van der Waals surface area contributed by atoms with E-state index < -0.39 is 0 Å². The van der Waals surface area contributed by atoms with Crippen LogP contribution in [0.2, 0.25) is 0 Å². The Balaban J connectivity index is 1.58. The number of aromatic nitrogens is 4. The normalized spacial score (nSPS) is 10.9. The zero-order valence-corrected chi connectivity index (χ0v) is 16.1. The molecule has 0 saturated heterocycles. The first kappa shape index (κ1) is 17.2. The van der Waals surface area contributed by atoms with E-state index >= 15 is 0 Å². The number of anilines is 2. The first-order chi connectivity index (χ1) is 14.2. The maximum atomic E-state index is 9.54. The molecular weight excluding hydrogens is 384 g/mol. The Morgan fingerprint density at radius 1 is 1.07 bits per heavy atom. The molecule has 8 heteroatoms. The molecule has 29 heavy (non-hydrogen) atoms. The van der Waals surface area contributed by atoms with Crippen molar-refractivity contribution in [2.75, 3.05) is 12.4 Å². The fraction of sp³-hybridized carbons (Fsp3) is 0.0476.